The summed E-state index contributed by atoms with van der Waals surface area (Å²) in [5.41, 5.74) is 6.08. The van der Waals surface area contributed by atoms with Gasteiger partial charge >= 0.3 is 6.18 Å². The van der Waals surface area contributed by atoms with E-state index < -0.39 is 11.7 Å². The molecular formula is C15H18F3N3. The van der Waals surface area contributed by atoms with E-state index in [2.05, 4.69) is 4.98 Å². The third-order valence-corrected chi connectivity index (χ3v) is 3.41. The second-order valence-corrected chi connectivity index (χ2v) is 5.04. The van der Waals surface area contributed by atoms with E-state index in [4.69, 9.17) is 5.73 Å². The van der Waals surface area contributed by atoms with Crippen LogP contribution in [0.2, 0.25) is 0 Å². The molecule has 1 aromatic carbocycles. The van der Waals surface area contributed by atoms with E-state index in [1.165, 1.54) is 12.1 Å². The van der Waals surface area contributed by atoms with E-state index in [9.17, 15) is 13.2 Å². The number of benzene rings is 1. The van der Waals surface area contributed by atoms with Crippen molar-refractivity contribution >= 4 is 0 Å². The standard InChI is InChI=1S/C15H18F3N3/c1-2-13(19)9-14-20-7-8-21(14)10-11-3-5-12(6-4-11)15(16,17)18/h3-8,13H,2,9-10,19H2,1H3. The average molecular weight is 297 g/mol. The third-order valence-electron chi connectivity index (χ3n) is 3.41. The summed E-state index contributed by atoms with van der Waals surface area (Å²) in [6.45, 7) is 2.50. The number of rotatable bonds is 5. The molecule has 2 aromatic rings. The zero-order valence-electron chi connectivity index (χ0n) is 11.8. The molecule has 0 amide bonds. The van der Waals surface area contributed by atoms with Crippen LogP contribution in [0.15, 0.2) is 36.7 Å². The predicted octanol–water partition coefficient (Wildman–Crippen LogP) is 3.23. The molecule has 0 aliphatic rings. The number of aromatic nitrogens is 2. The van der Waals surface area contributed by atoms with Crippen LogP contribution in [-0.4, -0.2) is 15.6 Å². The van der Waals surface area contributed by atoms with Gasteiger partial charge in [0.2, 0.25) is 0 Å². The molecule has 1 atom stereocenters. The maximum absolute atomic E-state index is 12.5. The molecule has 0 saturated heterocycles. The maximum atomic E-state index is 12.5. The summed E-state index contributed by atoms with van der Waals surface area (Å²) in [5, 5.41) is 0. The summed E-state index contributed by atoms with van der Waals surface area (Å²) in [6.07, 6.45) is 0.709. The SMILES string of the molecule is CCC(N)Cc1nccn1Cc1ccc(C(F)(F)F)cc1. The van der Waals surface area contributed by atoms with Crippen molar-refractivity contribution in [1.29, 1.82) is 0 Å². The molecule has 0 radical (unpaired) electrons. The zero-order chi connectivity index (χ0) is 15.5. The normalized spacial score (nSPS) is 13.4. The molecule has 0 aliphatic heterocycles. The lowest BCUT2D eigenvalue weighted by Gasteiger charge is -2.12. The Morgan fingerprint density at radius 1 is 1.24 bits per heavy atom. The minimum Gasteiger partial charge on any atom is -0.330 e. The van der Waals surface area contributed by atoms with Gasteiger partial charge in [-0.15, -0.1) is 0 Å². The molecule has 1 unspecified atom stereocenters. The largest absolute Gasteiger partial charge is 0.416 e. The zero-order valence-corrected chi connectivity index (χ0v) is 11.8. The molecule has 0 spiro atoms. The molecule has 0 bridgehead atoms. The first kappa shape index (κ1) is 15.6. The lowest BCUT2D eigenvalue weighted by Crippen LogP contribution is -2.23. The average Bonchev–Trinajstić information content (AvgIpc) is 2.85. The Labute approximate surface area is 121 Å². The van der Waals surface area contributed by atoms with Gasteiger partial charge in [-0.3, -0.25) is 0 Å². The number of hydrogen-bond acceptors (Lipinski definition) is 2. The molecule has 2 N–H and O–H groups in total. The molecule has 2 rings (SSSR count). The molecule has 114 valence electrons. The Kier molecular flexibility index (Phi) is 4.67. The first-order valence-corrected chi connectivity index (χ1v) is 6.82. The number of nitrogens with two attached hydrogens (primary N) is 1. The topological polar surface area (TPSA) is 43.8 Å². The van der Waals surface area contributed by atoms with Crippen LogP contribution in [0.1, 0.15) is 30.3 Å². The molecule has 1 aromatic heterocycles. The first-order valence-electron chi connectivity index (χ1n) is 6.82. The van der Waals surface area contributed by atoms with E-state index in [0.29, 0.717) is 13.0 Å². The minimum atomic E-state index is -4.30. The van der Waals surface area contributed by atoms with Gasteiger partial charge in [-0.25, -0.2) is 4.98 Å². The highest BCUT2D eigenvalue weighted by atomic mass is 19.4. The van der Waals surface area contributed by atoms with Crippen molar-refractivity contribution in [1.82, 2.24) is 9.55 Å². The fourth-order valence-corrected chi connectivity index (χ4v) is 2.05. The van der Waals surface area contributed by atoms with Crippen LogP contribution in [0, 0.1) is 0 Å². The van der Waals surface area contributed by atoms with E-state index in [0.717, 1.165) is 29.9 Å². The van der Waals surface area contributed by atoms with Crippen molar-refractivity contribution in [2.45, 2.75) is 38.5 Å². The van der Waals surface area contributed by atoms with Gasteiger partial charge in [-0.2, -0.15) is 13.2 Å². The van der Waals surface area contributed by atoms with Gasteiger partial charge in [0.25, 0.3) is 0 Å². The van der Waals surface area contributed by atoms with Gasteiger partial charge < -0.3 is 10.3 Å². The molecule has 0 fully saturated rings. The van der Waals surface area contributed by atoms with Crippen LogP contribution in [0.25, 0.3) is 0 Å². The quantitative estimate of drug-likeness (QED) is 0.921. The third kappa shape index (κ3) is 4.07. The Hall–Kier alpha value is -1.82. The van der Waals surface area contributed by atoms with E-state index in [-0.39, 0.29) is 6.04 Å². The smallest absolute Gasteiger partial charge is 0.330 e. The van der Waals surface area contributed by atoms with Crippen molar-refractivity contribution in [2.75, 3.05) is 0 Å². The first-order chi connectivity index (χ1) is 9.90. The number of alkyl halides is 3. The lowest BCUT2D eigenvalue weighted by molar-refractivity contribution is -0.137. The van der Waals surface area contributed by atoms with Crippen molar-refractivity contribution in [3.8, 4) is 0 Å². The van der Waals surface area contributed by atoms with Crippen LogP contribution >= 0.6 is 0 Å². The summed E-state index contributed by atoms with van der Waals surface area (Å²) in [5.74, 6) is 0.851. The van der Waals surface area contributed by atoms with Crippen LogP contribution in [-0.2, 0) is 19.1 Å². The Morgan fingerprint density at radius 2 is 1.90 bits per heavy atom. The van der Waals surface area contributed by atoms with Gasteiger partial charge in [0.15, 0.2) is 0 Å². The fourth-order valence-electron chi connectivity index (χ4n) is 2.05. The summed E-state index contributed by atoms with van der Waals surface area (Å²) >= 11 is 0. The van der Waals surface area contributed by atoms with Gasteiger partial charge in [-0.05, 0) is 24.1 Å². The minimum absolute atomic E-state index is 0.0405. The number of nitrogens with zero attached hydrogens (tertiary/aromatic N) is 2. The lowest BCUT2D eigenvalue weighted by atomic mass is 10.1. The van der Waals surface area contributed by atoms with Crippen LogP contribution < -0.4 is 5.73 Å². The number of halogens is 3. The van der Waals surface area contributed by atoms with E-state index in [1.54, 1.807) is 6.20 Å². The second-order valence-electron chi connectivity index (χ2n) is 5.04. The van der Waals surface area contributed by atoms with Crippen LogP contribution in [0.5, 0.6) is 0 Å². The van der Waals surface area contributed by atoms with Gasteiger partial charge in [0.1, 0.15) is 5.82 Å². The van der Waals surface area contributed by atoms with Crippen LogP contribution in [0.3, 0.4) is 0 Å². The Balaban J connectivity index is 2.10. The summed E-state index contributed by atoms with van der Waals surface area (Å²) in [7, 11) is 0. The Morgan fingerprint density at radius 3 is 2.48 bits per heavy atom. The van der Waals surface area contributed by atoms with Gasteiger partial charge in [0, 0.05) is 31.4 Å². The number of imidazole rings is 1. The molecule has 6 heteroatoms. The van der Waals surface area contributed by atoms with Crippen molar-refractivity contribution < 1.29 is 13.2 Å². The van der Waals surface area contributed by atoms with E-state index >= 15 is 0 Å². The molecule has 21 heavy (non-hydrogen) atoms. The highest BCUT2D eigenvalue weighted by Crippen LogP contribution is 2.29. The molecule has 0 aliphatic carbocycles. The fraction of sp³-hybridized carbons (Fsp3) is 0.400. The maximum Gasteiger partial charge on any atom is 0.416 e. The van der Waals surface area contributed by atoms with Crippen LogP contribution in [0.4, 0.5) is 13.2 Å². The molecule has 0 saturated carbocycles. The van der Waals surface area contributed by atoms with Crippen molar-refractivity contribution in [3.05, 3.63) is 53.6 Å². The van der Waals surface area contributed by atoms with Gasteiger partial charge in [-0.1, -0.05) is 19.1 Å². The van der Waals surface area contributed by atoms with Crippen molar-refractivity contribution in [3.63, 3.8) is 0 Å². The number of hydrogen-bond donors (Lipinski definition) is 1. The Bertz CT molecular complexity index is 573. The van der Waals surface area contributed by atoms with Gasteiger partial charge in [0.05, 0.1) is 5.56 Å². The molecule has 1 heterocycles. The molecular weight excluding hydrogens is 279 g/mol. The van der Waals surface area contributed by atoms with E-state index in [1.807, 2.05) is 17.7 Å². The summed E-state index contributed by atoms with van der Waals surface area (Å²) in [6, 6.07) is 5.23. The highest BCUT2D eigenvalue weighted by Gasteiger charge is 2.29. The summed E-state index contributed by atoms with van der Waals surface area (Å²) in [4.78, 5) is 4.26. The molecule has 3 nitrogen and oxygen atoms in total. The highest BCUT2D eigenvalue weighted by molar-refractivity contribution is 5.25. The monoisotopic (exact) mass is 297 g/mol. The second kappa shape index (κ2) is 6.30. The predicted molar refractivity (Wildman–Crippen MR) is 74.7 cm³/mol. The summed E-state index contributed by atoms with van der Waals surface area (Å²) < 4.78 is 39.5. The van der Waals surface area contributed by atoms with Crippen molar-refractivity contribution in [2.24, 2.45) is 5.73 Å².